The van der Waals surface area contributed by atoms with Crippen LogP contribution in [-0.2, 0) is 16.6 Å². The predicted octanol–water partition coefficient (Wildman–Crippen LogP) is 0.209. The van der Waals surface area contributed by atoms with Gasteiger partial charge in [-0.3, -0.25) is 4.99 Å². The minimum Gasteiger partial charge on any atom is -0.355 e. The fourth-order valence-electron chi connectivity index (χ4n) is 1.65. The van der Waals surface area contributed by atoms with Gasteiger partial charge in [-0.25, -0.2) is 13.1 Å². The van der Waals surface area contributed by atoms with Crippen molar-refractivity contribution in [1.82, 2.24) is 15.4 Å². The Morgan fingerprint density at radius 2 is 2.00 bits per heavy atom. The average molecular weight is 298 g/mol. The molecule has 7 heteroatoms. The Balaban J connectivity index is 2.33. The third-order valence-corrected chi connectivity index (χ3v) is 3.28. The second kappa shape index (κ2) is 7.86. The summed E-state index contributed by atoms with van der Waals surface area (Å²) in [4.78, 5) is 4.08. The number of sulfonamides is 1. The zero-order chi connectivity index (χ0) is 15.0. The Kier molecular flexibility index (Phi) is 6.47. The SMILES string of the molecule is CN=C(NCCNS(C)(=O)=O)NCc1cccc(C)c1. The van der Waals surface area contributed by atoms with Crippen LogP contribution < -0.4 is 15.4 Å². The highest BCUT2D eigenvalue weighted by Gasteiger charge is 2.01. The third kappa shape index (κ3) is 7.10. The zero-order valence-electron chi connectivity index (χ0n) is 12.1. The van der Waals surface area contributed by atoms with E-state index >= 15 is 0 Å². The van der Waals surface area contributed by atoms with E-state index in [1.54, 1.807) is 7.05 Å². The quantitative estimate of drug-likeness (QED) is 0.398. The topological polar surface area (TPSA) is 82.6 Å². The predicted molar refractivity (Wildman–Crippen MR) is 82.2 cm³/mol. The molecule has 6 nitrogen and oxygen atoms in total. The molecule has 1 aromatic rings. The molecule has 1 rings (SSSR count). The number of rotatable bonds is 6. The van der Waals surface area contributed by atoms with E-state index in [1.165, 1.54) is 11.1 Å². The van der Waals surface area contributed by atoms with E-state index in [2.05, 4.69) is 26.4 Å². The molecule has 0 bridgehead atoms. The maximum atomic E-state index is 10.9. The molecule has 0 amide bonds. The summed E-state index contributed by atoms with van der Waals surface area (Å²) in [5.74, 6) is 0.641. The molecule has 0 aliphatic rings. The first-order valence-electron chi connectivity index (χ1n) is 6.35. The molecule has 0 aliphatic heterocycles. The first-order chi connectivity index (χ1) is 9.40. The van der Waals surface area contributed by atoms with Crippen molar-refractivity contribution in [3.63, 3.8) is 0 Å². The molecule has 20 heavy (non-hydrogen) atoms. The van der Waals surface area contributed by atoms with Crippen molar-refractivity contribution in [1.29, 1.82) is 0 Å². The van der Waals surface area contributed by atoms with E-state index in [1.807, 2.05) is 25.1 Å². The van der Waals surface area contributed by atoms with Crippen LogP contribution in [0.1, 0.15) is 11.1 Å². The fourth-order valence-corrected chi connectivity index (χ4v) is 2.12. The van der Waals surface area contributed by atoms with Crippen LogP contribution in [0.4, 0.5) is 0 Å². The lowest BCUT2D eigenvalue weighted by Crippen LogP contribution is -2.41. The maximum absolute atomic E-state index is 10.9. The summed E-state index contributed by atoms with van der Waals surface area (Å²) in [6.45, 7) is 3.51. The van der Waals surface area contributed by atoms with Crippen molar-refractivity contribution >= 4 is 16.0 Å². The fraction of sp³-hybridized carbons (Fsp3) is 0.462. The number of guanidine groups is 1. The molecule has 1 aromatic carbocycles. The van der Waals surface area contributed by atoms with E-state index in [0.29, 0.717) is 25.6 Å². The number of hydrogen-bond donors (Lipinski definition) is 3. The Morgan fingerprint density at radius 1 is 1.25 bits per heavy atom. The molecule has 0 heterocycles. The summed E-state index contributed by atoms with van der Waals surface area (Å²) < 4.78 is 24.2. The number of aryl methyl sites for hydroxylation is 1. The van der Waals surface area contributed by atoms with Crippen molar-refractivity contribution in [2.45, 2.75) is 13.5 Å². The Hall–Kier alpha value is -1.60. The molecular formula is C13H22N4O2S. The lowest BCUT2D eigenvalue weighted by Gasteiger charge is -2.12. The van der Waals surface area contributed by atoms with Crippen LogP contribution in [0.25, 0.3) is 0 Å². The van der Waals surface area contributed by atoms with Crippen molar-refractivity contribution in [2.24, 2.45) is 4.99 Å². The van der Waals surface area contributed by atoms with Crippen molar-refractivity contribution in [3.8, 4) is 0 Å². The second-order valence-corrected chi connectivity index (χ2v) is 6.34. The number of nitrogens with zero attached hydrogens (tertiary/aromatic N) is 1. The highest BCUT2D eigenvalue weighted by molar-refractivity contribution is 7.88. The van der Waals surface area contributed by atoms with Gasteiger partial charge in [0.05, 0.1) is 6.26 Å². The van der Waals surface area contributed by atoms with E-state index < -0.39 is 10.0 Å². The number of benzene rings is 1. The van der Waals surface area contributed by atoms with Gasteiger partial charge in [0.25, 0.3) is 0 Å². The highest BCUT2D eigenvalue weighted by atomic mass is 32.2. The Bertz CT molecular complexity index is 555. The number of nitrogens with one attached hydrogen (secondary N) is 3. The molecule has 3 N–H and O–H groups in total. The van der Waals surface area contributed by atoms with Crippen LogP contribution in [0.3, 0.4) is 0 Å². The van der Waals surface area contributed by atoms with E-state index in [4.69, 9.17) is 0 Å². The van der Waals surface area contributed by atoms with Crippen molar-refractivity contribution in [3.05, 3.63) is 35.4 Å². The first kappa shape index (κ1) is 16.5. The molecule has 0 unspecified atom stereocenters. The molecule has 0 fully saturated rings. The largest absolute Gasteiger partial charge is 0.355 e. The summed E-state index contributed by atoms with van der Waals surface area (Å²) in [6.07, 6.45) is 1.14. The van der Waals surface area contributed by atoms with Crippen LogP contribution in [-0.4, -0.2) is 40.8 Å². The highest BCUT2D eigenvalue weighted by Crippen LogP contribution is 2.02. The first-order valence-corrected chi connectivity index (χ1v) is 8.24. The molecule has 0 saturated carbocycles. The van der Waals surface area contributed by atoms with Crippen molar-refractivity contribution < 1.29 is 8.42 Å². The molecule has 0 aliphatic carbocycles. The molecular weight excluding hydrogens is 276 g/mol. The normalized spacial score (nSPS) is 12.2. The minimum atomic E-state index is -3.14. The summed E-state index contributed by atoms with van der Waals surface area (Å²) in [5.41, 5.74) is 2.38. The van der Waals surface area contributed by atoms with E-state index in [9.17, 15) is 8.42 Å². The van der Waals surface area contributed by atoms with Crippen LogP contribution in [0.2, 0.25) is 0 Å². The average Bonchev–Trinajstić information content (AvgIpc) is 2.37. The summed E-state index contributed by atoms with van der Waals surface area (Å²) >= 11 is 0. The van der Waals surface area contributed by atoms with Gasteiger partial charge in [-0.1, -0.05) is 29.8 Å². The molecule has 0 radical (unpaired) electrons. The number of hydrogen-bond acceptors (Lipinski definition) is 3. The van der Waals surface area contributed by atoms with Gasteiger partial charge in [0.2, 0.25) is 10.0 Å². The van der Waals surface area contributed by atoms with Gasteiger partial charge in [0.15, 0.2) is 5.96 Å². The van der Waals surface area contributed by atoms with Crippen LogP contribution in [0, 0.1) is 6.92 Å². The molecule has 112 valence electrons. The molecule has 0 atom stereocenters. The van der Waals surface area contributed by atoms with Gasteiger partial charge < -0.3 is 10.6 Å². The standard InChI is InChI=1S/C13H22N4O2S/c1-11-5-4-6-12(9-11)10-16-13(14-2)15-7-8-17-20(3,18)19/h4-6,9,17H,7-8,10H2,1-3H3,(H2,14,15,16). The summed E-state index contributed by atoms with van der Waals surface area (Å²) in [6, 6.07) is 8.20. The van der Waals surface area contributed by atoms with Gasteiger partial charge in [-0.2, -0.15) is 0 Å². The molecule has 0 aromatic heterocycles. The van der Waals surface area contributed by atoms with Gasteiger partial charge in [-0.05, 0) is 12.5 Å². The van der Waals surface area contributed by atoms with Gasteiger partial charge in [0, 0.05) is 26.7 Å². The van der Waals surface area contributed by atoms with E-state index in [-0.39, 0.29) is 0 Å². The monoisotopic (exact) mass is 298 g/mol. The summed E-state index contributed by atoms with van der Waals surface area (Å²) in [7, 11) is -1.46. The van der Waals surface area contributed by atoms with Gasteiger partial charge in [-0.15, -0.1) is 0 Å². The van der Waals surface area contributed by atoms with E-state index in [0.717, 1.165) is 6.26 Å². The Morgan fingerprint density at radius 3 is 2.60 bits per heavy atom. The lowest BCUT2D eigenvalue weighted by molar-refractivity contribution is 0.586. The molecule has 0 spiro atoms. The minimum absolute atomic E-state index is 0.323. The summed E-state index contributed by atoms with van der Waals surface area (Å²) in [5, 5.41) is 6.21. The smallest absolute Gasteiger partial charge is 0.208 e. The number of aliphatic imine (C=N–C) groups is 1. The Labute approximate surface area is 120 Å². The van der Waals surface area contributed by atoms with Gasteiger partial charge in [0.1, 0.15) is 0 Å². The third-order valence-electron chi connectivity index (χ3n) is 2.55. The van der Waals surface area contributed by atoms with Gasteiger partial charge >= 0.3 is 0 Å². The maximum Gasteiger partial charge on any atom is 0.208 e. The van der Waals surface area contributed by atoms with Crippen LogP contribution >= 0.6 is 0 Å². The van der Waals surface area contributed by atoms with Crippen LogP contribution in [0.5, 0.6) is 0 Å². The van der Waals surface area contributed by atoms with Crippen molar-refractivity contribution in [2.75, 3.05) is 26.4 Å². The van der Waals surface area contributed by atoms with Crippen LogP contribution in [0.15, 0.2) is 29.3 Å². The lowest BCUT2D eigenvalue weighted by atomic mass is 10.1. The zero-order valence-corrected chi connectivity index (χ0v) is 12.9. The second-order valence-electron chi connectivity index (χ2n) is 4.51. The molecule has 0 saturated heterocycles.